The van der Waals surface area contributed by atoms with Crippen LogP contribution in [0, 0.1) is 0 Å². The maximum Gasteiger partial charge on any atom is 0.466 e. The molecule has 7 N–H and O–H groups in total. The van der Waals surface area contributed by atoms with Gasteiger partial charge in [0, 0.05) is 0 Å². The molecule has 0 unspecified atom stereocenters. The summed E-state index contributed by atoms with van der Waals surface area (Å²) in [6.45, 7) is 0. The normalized spacial score (nSPS) is 7.70. The maximum absolute atomic E-state index is 8.88. The van der Waals surface area contributed by atoms with E-state index in [9.17, 15) is 0 Å². The average molecular weight is 197 g/mol. The second kappa shape index (κ2) is 12.0. The van der Waals surface area contributed by atoms with Gasteiger partial charge in [0.25, 0.3) is 0 Å². The summed E-state index contributed by atoms with van der Waals surface area (Å²) in [6.07, 6.45) is 0. The highest BCUT2D eigenvalue weighted by molar-refractivity contribution is 7.45. The van der Waals surface area contributed by atoms with Gasteiger partial charge < -0.3 is 26.1 Å². The zero-order valence-corrected chi connectivity index (χ0v) is 7.52. The van der Waals surface area contributed by atoms with Gasteiger partial charge in [-0.3, -0.25) is 0 Å². The van der Waals surface area contributed by atoms with Gasteiger partial charge in [0.05, 0.1) is 0 Å². The maximum atomic E-state index is 8.88. The van der Waals surface area contributed by atoms with E-state index >= 15 is 0 Å². The Morgan fingerprint density at radius 2 is 1.20 bits per heavy atom. The van der Waals surface area contributed by atoms with Crippen LogP contribution in [0.2, 0.25) is 0 Å². The third kappa shape index (κ3) is 4350. The number of halogens is 1. The third-order valence-corrected chi connectivity index (χ3v) is 0. The van der Waals surface area contributed by atoms with E-state index in [1.54, 1.807) is 0 Å². The highest BCUT2D eigenvalue weighted by Crippen LogP contribution is 2.25. The largest absolute Gasteiger partial charge is 0.466 e. The molecule has 0 aromatic carbocycles. The Balaban J connectivity index is -0.0000000326. The highest BCUT2D eigenvalue weighted by Gasteiger charge is 2.00. The predicted molar refractivity (Wildman–Crippen MR) is 41.5 cm³/mol. The molecule has 0 spiro atoms. The van der Waals surface area contributed by atoms with Gasteiger partial charge in [-0.25, -0.2) is 4.57 Å². The van der Waals surface area contributed by atoms with E-state index in [1.807, 2.05) is 14.1 Å². The monoisotopic (exact) mass is 196 g/mol. The van der Waals surface area contributed by atoms with E-state index in [2.05, 4.69) is 5.32 Å². The summed E-state index contributed by atoms with van der Waals surface area (Å²) in [6, 6.07) is 0. The fourth-order valence-corrected chi connectivity index (χ4v) is 0. The van der Waals surface area contributed by atoms with Crippen LogP contribution in [0.15, 0.2) is 0 Å². The van der Waals surface area contributed by atoms with Crippen LogP contribution in [0.25, 0.3) is 0 Å². The Bertz CT molecular complexity index is 77.1. The lowest BCUT2D eigenvalue weighted by Crippen LogP contribution is -1.89. The van der Waals surface area contributed by atoms with Gasteiger partial charge in [0.15, 0.2) is 0 Å². The fourth-order valence-electron chi connectivity index (χ4n) is 0. The Hall–Kier alpha value is 0.320. The average Bonchev–Trinajstić information content (AvgIpc) is 1.27. The van der Waals surface area contributed by atoms with Crippen molar-refractivity contribution in [2.75, 3.05) is 14.1 Å². The summed E-state index contributed by atoms with van der Waals surface area (Å²) in [5.74, 6) is 0. The van der Waals surface area contributed by atoms with Gasteiger partial charge in [0.2, 0.25) is 0 Å². The SMILES string of the molecule is CNC.Cl.N.O=P(O)(O)O. The molecule has 8 heteroatoms. The number of hydrogen-bond donors (Lipinski definition) is 5. The first-order valence-corrected chi connectivity index (χ1v) is 3.35. The molecule has 0 rings (SSSR count). The molecule has 6 nitrogen and oxygen atoms in total. The minimum Gasteiger partial charge on any atom is -0.344 e. The molecule has 0 fully saturated rings. The summed E-state index contributed by atoms with van der Waals surface area (Å²) in [5, 5.41) is 2.75. The molecule has 0 atom stereocenters. The topological polar surface area (TPSA) is 125 Å². The van der Waals surface area contributed by atoms with Crippen LogP contribution in [0.5, 0.6) is 0 Å². The molecule has 0 aromatic rings. The molecule has 68 valence electrons. The first kappa shape index (κ1) is 22.4. The number of rotatable bonds is 0. The van der Waals surface area contributed by atoms with Crippen LogP contribution >= 0.6 is 20.2 Å². The molecule has 0 bridgehead atoms. The summed E-state index contributed by atoms with van der Waals surface area (Å²) in [4.78, 5) is 21.6. The Morgan fingerprint density at radius 1 is 1.20 bits per heavy atom. The van der Waals surface area contributed by atoms with Crippen LogP contribution < -0.4 is 11.5 Å². The van der Waals surface area contributed by atoms with Crippen LogP contribution in [0.4, 0.5) is 0 Å². The summed E-state index contributed by atoms with van der Waals surface area (Å²) in [7, 11) is -0.889. The minimum atomic E-state index is -4.64. The Morgan fingerprint density at radius 3 is 1.20 bits per heavy atom. The van der Waals surface area contributed by atoms with Gasteiger partial charge in [-0.1, -0.05) is 0 Å². The third-order valence-electron chi connectivity index (χ3n) is 0. The molecule has 0 heterocycles. The molecule has 0 aliphatic carbocycles. The Kier molecular flexibility index (Phi) is 27.0. The molecule has 0 radical (unpaired) electrons. The zero-order chi connectivity index (χ0) is 7.21. The van der Waals surface area contributed by atoms with Crippen molar-refractivity contribution in [2.45, 2.75) is 0 Å². The second-order valence-electron chi connectivity index (χ2n) is 1.01. The number of nitrogens with one attached hydrogen (secondary N) is 1. The van der Waals surface area contributed by atoms with Crippen LogP contribution in [-0.4, -0.2) is 28.8 Å². The molecule has 0 saturated heterocycles. The van der Waals surface area contributed by atoms with E-state index in [0.717, 1.165) is 0 Å². The summed E-state index contributed by atoms with van der Waals surface area (Å²) in [5.41, 5.74) is 0. The van der Waals surface area contributed by atoms with Crippen molar-refractivity contribution in [3.05, 3.63) is 0 Å². The molecular formula is C2H14ClN2O4P. The van der Waals surface area contributed by atoms with Crippen molar-refractivity contribution in [1.29, 1.82) is 0 Å². The lowest BCUT2D eigenvalue weighted by molar-refractivity contribution is 0.275. The second-order valence-corrected chi connectivity index (χ2v) is 2.04. The van der Waals surface area contributed by atoms with Crippen molar-refractivity contribution in [3.63, 3.8) is 0 Å². The number of phosphoric acid groups is 1. The van der Waals surface area contributed by atoms with Gasteiger partial charge in [-0.2, -0.15) is 0 Å². The molecule has 0 aliphatic rings. The van der Waals surface area contributed by atoms with Crippen LogP contribution in [0.1, 0.15) is 0 Å². The van der Waals surface area contributed by atoms with Crippen molar-refractivity contribution < 1.29 is 19.2 Å². The van der Waals surface area contributed by atoms with Crippen LogP contribution in [-0.2, 0) is 4.57 Å². The lowest BCUT2D eigenvalue weighted by atomic mass is 11.3. The van der Waals surface area contributed by atoms with E-state index < -0.39 is 7.82 Å². The summed E-state index contributed by atoms with van der Waals surface area (Å²) >= 11 is 0. The van der Waals surface area contributed by atoms with E-state index in [1.165, 1.54) is 0 Å². The Labute approximate surface area is 65.9 Å². The van der Waals surface area contributed by atoms with Gasteiger partial charge in [-0.15, -0.1) is 12.4 Å². The van der Waals surface area contributed by atoms with E-state index in [4.69, 9.17) is 19.2 Å². The molecule has 0 aliphatic heterocycles. The van der Waals surface area contributed by atoms with Gasteiger partial charge in [0.1, 0.15) is 0 Å². The zero-order valence-electron chi connectivity index (χ0n) is 5.81. The first-order chi connectivity index (χ1) is 3.41. The standard InChI is InChI=1S/C2H7N.ClH.H3N.H3O4P/c1-3-2;;;1-5(2,3)4/h3H,1-2H3;1H;1H3;(H3,1,2,3,4). The van der Waals surface area contributed by atoms with E-state index in [0.29, 0.717) is 0 Å². The lowest BCUT2D eigenvalue weighted by Gasteiger charge is -1.82. The van der Waals surface area contributed by atoms with Crippen molar-refractivity contribution >= 4 is 20.2 Å². The van der Waals surface area contributed by atoms with Crippen LogP contribution in [0.3, 0.4) is 0 Å². The van der Waals surface area contributed by atoms with Crippen molar-refractivity contribution in [2.24, 2.45) is 0 Å². The van der Waals surface area contributed by atoms with Crippen molar-refractivity contribution in [3.8, 4) is 0 Å². The van der Waals surface area contributed by atoms with Crippen molar-refractivity contribution in [1.82, 2.24) is 11.5 Å². The van der Waals surface area contributed by atoms with E-state index in [-0.39, 0.29) is 18.6 Å². The van der Waals surface area contributed by atoms with Gasteiger partial charge in [-0.05, 0) is 14.1 Å². The molecular weight excluding hydrogens is 182 g/mol. The molecule has 0 saturated carbocycles. The quantitative estimate of drug-likeness (QED) is 0.332. The summed E-state index contributed by atoms with van der Waals surface area (Å²) < 4.78 is 8.88. The highest BCUT2D eigenvalue weighted by atomic mass is 35.5. The predicted octanol–water partition coefficient (Wildman–Crippen LogP) is -0.509. The smallest absolute Gasteiger partial charge is 0.344 e. The molecule has 10 heavy (non-hydrogen) atoms. The molecule has 0 aromatic heterocycles. The minimum absolute atomic E-state index is 0. The fraction of sp³-hybridized carbons (Fsp3) is 1.00. The van der Waals surface area contributed by atoms with Gasteiger partial charge >= 0.3 is 7.82 Å². The molecule has 0 amide bonds. The number of hydrogen-bond acceptors (Lipinski definition) is 3. The first-order valence-electron chi connectivity index (χ1n) is 1.78.